The molecule has 0 bridgehead atoms. The lowest BCUT2D eigenvalue weighted by atomic mass is 9.98. The molecule has 0 N–H and O–H groups in total. The van der Waals surface area contributed by atoms with Gasteiger partial charge in [0.1, 0.15) is 11.2 Å². The number of nitrogens with zero attached hydrogens (tertiary/aromatic N) is 5. The van der Waals surface area contributed by atoms with Gasteiger partial charge in [0.25, 0.3) is 0 Å². The van der Waals surface area contributed by atoms with Crippen LogP contribution in [0.4, 0.5) is 0 Å². The van der Waals surface area contributed by atoms with Crippen LogP contribution in [-0.2, 0) is 0 Å². The normalized spacial score (nSPS) is 11.4. The first kappa shape index (κ1) is 34.2. The summed E-state index contributed by atoms with van der Waals surface area (Å²) in [5.74, 6) is 2.53. The van der Waals surface area contributed by atoms with Gasteiger partial charge in [-0.1, -0.05) is 158 Å². The molecule has 0 radical (unpaired) electrons. The molecule has 276 valence electrons. The highest BCUT2D eigenvalue weighted by molar-refractivity contribution is 6.19. The predicted octanol–water partition coefficient (Wildman–Crippen LogP) is 13.4. The van der Waals surface area contributed by atoms with E-state index in [0.29, 0.717) is 23.3 Å². The molecular weight excluding hydrogens is 723 g/mol. The van der Waals surface area contributed by atoms with Gasteiger partial charge in [0.15, 0.2) is 23.3 Å². The molecule has 0 fully saturated rings. The van der Waals surface area contributed by atoms with Crippen LogP contribution in [-0.4, -0.2) is 24.9 Å². The molecule has 0 unspecified atom stereocenters. The topological polar surface area (TPSA) is 77.6 Å². The quantitative estimate of drug-likeness (QED) is 0.161. The van der Waals surface area contributed by atoms with E-state index in [4.69, 9.17) is 29.3 Å². The molecule has 6 nitrogen and oxygen atoms in total. The van der Waals surface area contributed by atoms with Gasteiger partial charge in [-0.05, 0) is 64.4 Å². The van der Waals surface area contributed by atoms with E-state index in [1.807, 2.05) is 78.9 Å². The van der Waals surface area contributed by atoms with Gasteiger partial charge in [-0.15, -0.1) is 0 Å². The number of furan rings is 1. The zero-order chi connectivity index (χ0) is 39.1. The van der Waals surface area contributed by atoms with Crippen molar-refractivity contribution in [2.45, 2.75) is 0 Å². The molecule has 6 heteroatoms. The summed E-state index contributed by atoms with van der Waals surface area (Å²) in [6.07, 6.45) is 0. The maximum atomic E-state index is 6.34. The monoisotopic (exact) mass is 755 g/mol. The summed E-state index contributed by atoms with van der Waals surface area (Å²) in [6.45, 7) is 0. The molecule has 0 atom stereocenters. The fourth-order valence-electron chi connectivity index (χ4n) is 7.80. The number of hydrogen-bond acceptors (Lipinski definition) is 6. The Labute approximate surface area is 340 Å². The predicted molar refractivity (Wildman–Crippen MR) is 238 cm³/mol. The smallest absolute Gasteiger partial charge is 0.164 e. The molecule has 0 saturated heterocycles. The number of fused-ring (bicyclic) bond motifs is 5. The first-order chi connectivity index (χ1) is 29.2. The number of benzene rings is 8. The first-order valence-electron chi connectivity index (χ1n) is 19.6. The van der Waals surface area contributed by atoms with Crippen molar-refractivity contribution in [3.8, 4) is 79.2 Å². The van der Waals surface area contributed by atoms with Gasteiger partial charge in [-0.3, -0.25) is 0 Å². The van der Waals surface area contributed by atoms with E-state index in [2.05, 4.69) is 121 Å². The summed E-state index contributed by atoms with van der Waals surface area (Å²) in [6, 6.07) is 68.2. The molecule has 0 aliphatic carbocycles. The molecule has 0 amide bonds. The third kappa shape index (κ3) is 6.49. The minimum atomic E-state index is 0.610. The van der Waals surface area contributed by atoms with Crippen LogP contribution in [0.5, 0.6) is 0 Å². The molecule has 3 heterocycles. The third-order valence-electron chi connectivity index (χ3n) is 10.7. The largest absolute Gasteiger partial charge is 0.456 e. The standard InChI is InChI=1S/C53H33N5O/c1-4-15-35(16-5-1)50-54-45(33-46(55-50)41-27-28-47-44(32-41)49-43-25-11-10-14-34(43)26-29-48(49)59-47)40-23-12-21-38(30-40)39-22-13-24-42(31-39)53-57-51(36-17-6-2-7-18-36)56-52(58-53)37-19-8-3-9-20-37/h1-33H. The minimum Gasteiger partial charge on any atom is -0.456 e. The Morgan fingerprint density at radius 3 is 1.36 bits per heavy atom. The number of aromatic nitrogens is 5. The molecule has 0 aliphatic heterocycles. The summed E-state index contributed by atoms with van der Waals surface area (Å²) < 4.78 is 6.34. The van der Waals surface area contributed by atoms with Gasteiger partial charge >= 0.3 is 0 Å². The van der Waals surface area contributed by atoms with E-state index in [0.717, 1.165) is 77.8 Å². The highest BCUT2D eigenvalue weighted by Crippen LogP contribution is 2.38. The van der Waals surface area contributed by atoms with Crippen molar-refractivity contribution < 1.29 is 4.42 Å². The van der Waals surface area contributed by atoms with Gasteiger partial charge in [-0.25, -0.2) is 24.9 Å². The summed E-state index contributed by atoms with van der Waals surface area (Å²) in [5, 5.41) is 4.51. The van der Waals surface area contributed by atoms with Gasteiger partial charge < -0.3 is 4.42 Å². The first-order valence-corrected chi connectivity index (χ1v) is 19.6. The molecule has 8 aromatic carbocycles. The molecule has 0 saturated carbocycles. The summed E-state index contributed by atoms with van der Waals surface area (Å²) in [4.78, 5) is 25.2. The Morgan fingerprint density at radius 1 is 0.271 bits per heavy atom. The molecule has 59 heavy (non-hydrogen) atoms. The van der Waals surface area contributed by atoms with E-state index in [9.17, 15) is 0 Å². The molecule has 3 aromatic heterocycles. The molecule has 0 aliphatic rings. The zero-order valence-corrected chi connectivity index (χ0v) is 31.7. The molecular formula is C53H33N5O. The maximum absolute atomic E-state index is 6.34. The van der Waals surface area contributed by atoms with Crippen molar-refractivity contribution in [3.05, 3.63) is 200 Å². The Balaban J connectivity index is 1.01. The number of hydrogen-bond donors (Lipinski definition) is 0. The van der Waals surface area contributed by atoms with Crippen molar-refractivity contribution in [2.24, 2.45) is 0 Å². The van der Waals surface area contributed by atoms with Crippen LogP contribution in [0.15, 0.2) is 205 Å². The van der Waals surface area contributed by atoms with Crippen LogP contribution in [0, 0.1) is 0 Å². The second-order valence-electron chi connectivity index (χ2n) is 14.5. The third-order valence-corrected chi connectivity index (χ3v) is 10.7. The van der Waals surface area contributed by atoms with Crippen LogP contribution in [0.2, 0.25) is 0 Å². The van der Waals surface area contributed by atoms with Crippen molar-refractivity contribution in [1.29, 1.82) is 0 Å². The Morgan fingerprint density at radius 2 is 0.729 bits per heavy atom. The average Bonchev–Trinajstić information content (AvgIpc) is 3.71. The molecule has 0 spiro atoms. The van der Waals surface area contributed by atoms with Crippen LogP contribution in [0.1, 0.15) is 0 Å². The Bertz CT molecular complexity index is 3270. The van der Waals surface area contributed by atoms with Gasteiger partial charge in [0.2, 0.25) is 0 Å². The average molecular weight is 756 g/mol. The molecule has 11 aromatic rings. The van der Waals surface area contributed by atoms with Crippen molar-refractivity contribution in [2.75, 3.05) is 0 Å². The van der Waals surface area contributed by atoms with Crippen molar-refractivity contribution >= 4 is 32.7 Å². The Kier molecular flexibility index (Phi) is 8.37. The van der Waals surface area contributed by atoms with Gasteiger partial charge in [0.05, 0.1) is 11.4 Å². The second kappa shape index (κ2) is 14.4. The van der Waals surface area contributed by atoms with E-state index in [1.54, 1.807) is 0 Å². The lowest BCUT2D eigenvalue weighted by molar-refractivity contribution is 0.669. The van der Waals surface area contributed by atoms with Crippen molar-refractivity contribution in [1.82, 2.24) is 24.9 Å². The van der Waals surface area contributed by atoms with Crippen LogP contribution >= 0.6 is 0 Å². The lowest BCUT2D eigenvalue weighted by Crippen LogP contribution is -2.00. The van der Waals surface area contributed by atoms with E-state index in [-0.39, 0.29) is 0 Å². The highest BCUT2D eigenvalue weighted by Gasteiger charge is 2.17. The van der Waals surface area contributed by atoms with E-state index < -0.39 is 0 Å². The fraction of sp³-hybridized carbons (Fsp3) is 0. The SMILES string of the molecule is c1ccc(-c2nc(-c3cccc(-c4cccc(-c5nc(-c6ccccc6)nc(-c6ccccc6)n5)c4)c3)cc(-c3ccc4oc5ccc6ccccc6c5c4c3)n2)cc1. The summed E-state index contributed by atoms with van der Waals surface area (Å²) >= 11 is 0. The zero-order valence-electron chi connectivity index (χ0n) is 31.7. The lowest BCUT2D eigenvalue weighted by Gasteiger charge is -2.12. The van der Waals surface area contributed by atoms with Crippen LogP contribution in [0.25, 0.3) is 112 Å². The summed E-state index contributed by atoms with van der Waals surface area (Å²) in [7, 11) is 0. The summed E-state index contributed by atoms with van der Waals surface area (Å²) in [5.41, 5.74) is 11.1. The highest BCUT2D eigenvalue weighted by atomic mass is 16.3. The van der Waals surface area contributed by atoms with Crippen molar-refractivity contribution in [3.63, 3.8) is 0 Å². The van der Waals surface area contributed by atoms with Gasteiger partial charge in [-0.2, -0.15) is 0 Å². The van der Waals surface area contributed by atoms with Crippen LogP contribution < -0.4 is 0 Å². The van der Waals surface area contributed by atoms with Crippen LogP contribution in [0.3, 0.4) is 0 Å². The molecule has 11 rings (SSSR count). The van der Waals surface area contributed by atoms with E-state index >= 15 is 0 Å². The number of rotatable bonds is 7. The minimum absolute atomic E-state index is 0.610. The second-order valence-corrected chi connectivity index (χ2v) is 14.5. The maximum Gasteiger partial charge on any atom is 0.164 e. The fourth-order valence-corrected chi connectivity index (χ4v) is 7.80. The Hall–Kier alpha value is -8.09. The van der Waals surface area contributed by atoms with Gasteiger partial charge in [0, 0.05) is 44.2 Å². The van der Waals surface area contributed by atoms with E-state index in [1.165, 1.54) is 10.8 Å².